The quantitative estimate of drug-likeness (QED) is 0.706. The molecule has 0 aliphatic carbocycles. The molecule has 1 saturated heterocycles. The van der Waals surface area contributed by atoms with Crippen LogP contribution in [-0.2, 0) is 10.0 Å². The van der Waals surface area contributed by atoms with Gasteiger partial charge in [0.15, 0.2) is 5.11 Å². The van der Waals surface area contributed by atoms with E-state index in [9.17, 15) is 13.2 Å². The maximum atomic E-state index is 12.6. The van der Waals surface area contributed by atoms with Crippen molar-refractivity contribution < 1.29 is 13.2 Å². The first-order chi connectivity index (χ1) is 13.8. The van der Waals surface area contributed by atoms with Crippen LogP contribution in [0.3, 0.4) is 0 Å². The highest BCUT2D eigenvalue weighted by atomic mass is 32.2. The Morgan fingerprint density at radius 2 is 1.59 bits per heavy atom. The molecule has 0 spiro atoms. The largest absolute Gasteiger partial charge is 0.332 e. The van der Waals surface area contributed by atoms with Gasteiger partial charge in [-0.2, -0.15) is 4.31 Å². The fraction of sp³-hybridized carbons (Fsp3) is 0.333. The summed E-state index contributed by atoms with van der Waals surface area (Å²) >= 11 is 5.20. The summed E-state index contributed by atoms with van der Waals surface area (Å²) in [5, 5.41) is 5.70. The number of thiocarbonyl (C=S) groups is 1. The summed E-state index contributed by atoms with van der Waals surface area (Å²) in [5.41, 5.74) is 2.28. The Balaban J connectivity index is 1.59. The molecular formula is C21H25N3O3S2. The number of benzene rings is 2. The van der Waals surface area contributed by atoms with Crippen LogP contribution in [-0.4, -0.2) is 36.8 Å². The maximum absolute atomic E-state index is 12.6. The van der Waals surface area contributed by atoms with Crippen LogP contribution in [0.2, 0.25) is 0 Å². The lowest BCUT2D eigenvalue weighted by Gasteiger charge is -2.16. The molecule has 0 saturated carbocycles. The number of nitrogens with zero attached hydrogens (tertiary/aromatic N) is 1. The molecule has 0 bridgehead atoms. The number of amides is 1. The Morgan fingerprint density at radius 1 is 1.00 bits per heavy atom. The highest BCUT2D eigenvalue weighted by Gasteiger charge is 2.26. The summed E-state index contributed by atoms with van der Waals surface area (Å²) in [7, 11) is -3.45. The van der Waals surface area contributed by atoms with Gasteiger partial charge in [-0.25, -0.2) is 8.42 Å². The highest BCUT2D eigenvalue weighted by molar-refractivity contribution is 7.89. The van der Waals surface area contributed by atoms with Crippen LogP contribution < -0.4 is 10.6 Å². The van der Waals surface area contributed by atoms with E-state index >= 15 is 0 Å². The molecule has 2 aromatic rings. The third kappa shape index (κ3) is 5.20. The van der Waals surface area contributed by atoms with Crippen LogP contribution in [0, 0.1) is 0 Å². The molecule has 1 aliphatic heterocycles. The molecule has 0 unspecified atom stereocenters. The molecule has 1 fully saturated rings. The maximum Gasteiger partial charge on any atom is 0.257 e. The third-order valence-corrected chi connectivity index (χ3v) is 7.00. The normalized spacial score (nSPS) is 14.7. The molecule has 3 rings (SSSR count). The Kier molecular flexibility index (Phi) is 6.66. The molecule has 2 N–H and O–H groups in total. The standard InChI is InChI=1S/C21H25N3O3S2/c1-15(2)16-5-7-17(8-6-16)20(25)23-21(28)22-18-9-11-19(12-10-18)29(26,27)24-13-3-4-14-24/h5-12,15H,3-4,13-14H2,1-2H3,(H2,22,23,25,28). The molecule has 0 atom stereocenters. The average Bonchev–Trinajstić information content (AvgIpc) is 3.24. The van der Waals surface area contributed by atoms with Crippen LogP contribution in [0.1, 0.15) is 48.5 Å². The lowest BCUT2D eigenvalue weighted by atomic mass is 10.0. The number of carbonyl (C=O) groups is 1. The zero-order valence-electron chi connectivity index (χ0n) is 16.5. The van der Waals surface area contributed by atoms with Crippen molar-refractivity contribution in [3.05, 3.63) is 59.7 Å². The Hall–Kier alpha value is -2.29. The van der Waals surface area contributed by atoms with Crippen molar-refractivity contribution >= 4 is 38.9 Å². The minimum absolute atomic E-state index is 0.151. The number of sulfonamides is 1. The fourth-order valence-corrected chi connectivity index (χ4v) is 4.87. The first-order valence-corrected chi connectivity index (χ1v) is 11.4. The van der Waals surface area contributed by atoms with E-state index in [0.717, 1.165) is 18.4 Å². The lowest BCUT2D eigenvalue weighted by Crippen LogP contribution is -2.34. The van der Waals surface area contributed by atoms with Crippen LogP contribution in [0.5, 0.6) is 0 Å². The molecule has 8 heteroatoms. The van der Waals surface area contributed by atoms with Gasteiger partial charge in [0.05, 0.1) is 4.90 Å². The zero-order valence-corrected chi connectivity index (χ0v) is 18.1. The van der Waals surface area contributed by atoms with E-state index in [2.05, 4.69) is 24.5 Å². The number of rotatable bonds is 5. The molecule has 1 heterocycles. The van der Waals surface area contributed by atoms with E-state index in [1.165, 1.54) is 4.31 Å². The minimum atomic E-state index is -3.45. The van der Waals surface area contributed by atoms with Gasteiger partial charge in [0, 0.05) is 24.3 Å². The Labute approximate surface area is 177 Å². The van der Waals surface area contributed by atoms with Gasteiger partial charge >= 0.3 is 0 Å². The molecule has 6 nitrogen and oxygen atoms in total. The summed E-state index contributed by atoms with van der Waals surface area (Å²) in [6.07, 6.45) is 1.79. The van der Waals surface area contributed by atoms with Gasteiger partial charge in [0.1, 0.15) is 0 Å². The van der Waals surface area contributed by atoms with E-state index in [1.807, 2.05) is 12.1 Å². The van der Waals surface area contributed by atoms with Crippen molar-refractivity contribution in [3.8, 4) is 0 Å². The topological polar surface area (TPSA) is 78.5 Å². The van der Waals surface area contributed by atoms with E-state index in [1.54, 1.807) is 36.4 Å². The van der Waals surface area contributed by atoms with E-state index in [0.29, 0.717) is 30.3 Å². The van der Waals surface area contributed by atoms with Crippen molar-refractivity contribution in [1.29, 1.82) is 0 Å². The molecule has 2 aromatic carbocycles. The van der Waals surface area contributed by atoms with Crippen molar-refractivity contribution in [1.82, 2.24) is 9.62 Å². The molecule has 0 radical (unpaired) electrons. The third-order valence-electron chi connectivity index (χ3n) is 4.88. The first kappa shape index (κ1) is 21.4. The van der Waals surface area contributed by atoms with Crippen LogP contribution in [0.15, 0.2) is 53.4 Å². The van der Waals surface area contributed by atoms with Gasteiger partial charge in [-0.1, -0.05) is 26.0 Å². The van der Waals surface area contributed by atoms with Crippen LogP contribution >= 0.6 is 12.2 Å². The van der Waals surface area contributed by atoms with Gasteiger partial charge in [-0.15, -0.1) is 0 Å². The van der Waals surface area contributed by atoms with Gasteiger partial charge in [-0.05, 0) is 72.9 Å². The monoisotopic (exact) mass is 431 g/mol. The number of nitrogens with one attached hydrogen (secondary N) is 2. The summed E-state index contributed by atoms with van der Waals surface area (Å²) in [5.74, 6) is 0.0955. The summed E-state index contributed by atoms with van der Waals surface area (Å²) in [4.78, 5) is 12.6. The lowest BCUT2D eigenvalue weighted by molar-refractivity contribution is 0.0977. The molecule has 1 amide bonds. The Bertz CT molecular complexity index is 979. The van der Waals surface area contributed by atoms with Gasteiger partial charge in [-0.3, -0.25) is 10.1 Å². The summed E-state index contributed by atoms with van der Waals surface area (Å²) < 4.78 is 26.6. The summed E-state index contributed by atoms with van der Waals surface area (Å²) in [6, 6.07) is 13.8. The van der Waals surface area contributed by atoms with Crippen molar-refractivity contribution in [3.63, 3.8) is 0 Å². The number of anilines is 1. The SMILES string of the molecule is CC(C)c1ccc(C(=O)NC(=S)Nc2ccc(S(=O)(=O)N3CCCC3)cc2)cc1. The second kappa shape index (κ2) is 9.02. The fourth-order valence-electron chi connectivity index (χ4n) is 3.14. The predicted molar refractivity (Wildman–Crippen MR) is 119 cm³/mol. The minimum Gasteiger partial charge on any atom is -0.332 e. The smallest absolute Gasteiger partial charge is 0.257 e. The van der Waals surface area contributed by atoms with Gasteiger partial charge in [0.2, 0.25) is 10.0 Å². The highest BCUT2D eigenvalue weighted by Crippen LogP contribution is 2.22. The number of hydrogen-bond acceptors (Lipinski definition) is 4. The van der Waals surface area contributed by atoms with Gasteiger partial charge < -0.3 is 5.32 Å². The van der Waals surface area contributed by atoms with E-state index in [-0.39, 0.29) is 15.9 Å². The second-order valence-corrected chi connectivity index (χ2v) is 9.67. The van der Waals surface area contributed by atoms with Crippen LogP contribution in [0.25, 0.3) is 0 Å². The van der Waals surface area contributed by atoms with E-state index in [4.69, 9.17) is 12.2 Å². The molecule has 154 valence electrons. The number of hydrogen-bond donors (Lipinski definition) is 2. The van der Waals surface area contributed by atoms with Crippen LogP contribution in [0.4, 0.5) is 5.69 Å². The molecule has 0 aromatic heterocycles. The molecular weight excluding hydrogens is 406 g/mol. The second-order valence-electron chi connectivity index (χ2n) is 7.32. The van der Waals surface area contributed by atoms with Crippen molar-refractivity contribution in [2.45, 2.75) is 37.5 Å². The van der Waals surface area contributed by atoms with Gasteiger partial charge in [0.25, 0.3) is 5.91 Å². The zero-order chi connectivity index (χ0) is 21.0. The Morgan fingerprint density at radius 3 is 2.14 bits per heavy atom. The average molecular weight is 432 g/mol. The van der Waals surface area contributed by atoms with Crippen molar-refractivity contribution in [2.75, 3.05) is 18.4 Å². The molecule has 1 aliphatic rings. The predicted octanol–water partition coefficient (Wildman–Crippen LogP) is 3.72. The van der Waals surface area contributed by atoms with E-state index < -0.39 is 10.0 Å². The van der Waals surface area contributed by atoms with Crippen molar-refractivity contribution in [2.24, 2.45) is 0 Å². The first-order valence-electron chi connectivity index (χ1n) is 9.60. The summed E-state index contributed by atoms with van der Waals surface area (Å²) in [6.45, 7) is 5.32. The number of carbonyl (C=O) groups excluding carboxylic acids is 1. The molecule has 29 heavy (non-hydrogen) atoms.